The van der Waals surface area contributed by atoms with Crippen LogP contribution < -0.4 is 0 Å². The van der Waals surface area contributed by atoms with Crippen molar-refractivity contribution in [3.8, 4) is 12.3 Å². The maximum atomic E-state index is 11.2. The summed E-state index contributed by atoms with van der Waals surface area (Å²) < 4.78 is 4.54. The number of carbonyl (C=O) groups is 1. The number of thioether (sulfide) groups is 1. The maximum Gasteiger partial charge on any atom is 0.340 e. The molecule has 0 rings (SSSR count). The largest absolute Gasteiger partial charge is 0.465 e. The zero-order chi connectivity index (χ0) is 11.8. The van der Waals surface area contributed by atoms with Gasteiger partial charge in [0.2, 0.25) is 0 Å². The van der Waals surface area contributed by atoms with Crippen molar-refractivity contribution in [2.24, 2.45) is 4.99 Å². The van der Waals surface area contributed by atoms with E-state index in [0.717, 1.165) is 0 Å². The van der Waals surface area contributed by atoms with Gasteiger partial charge < -0.3 is 4.74 Å². The minimum atomic E-state index is -0.525. The van der Waals surface area contributed by atoms with Gasteiger partial charge in [0, 0.05) is 0 Å². The number of hydrogen-bond acceptors (Lipinski definition) is 4. The number of ether oxygens (including phenoxy) is 1. The van der Waals surface area contributed by atoms with Gasteiger partial charge in [-0.2, -0.15) is 0 Å². The second-order valence-electron chi connectivity index (χ2n) is 2.37. The highest BCUT2D eigenvalue weighted by Crippen LogP contribution is 2.12. The lowest BCUT2D eigenvalue weighted by molar-refractivity contribution is -0.135. The molecule has 0 amide bonds. The molecule has 1 atom stereocenters. The SMILES string of the molecule is C#CC(/N=C(Cl)\C(=C/C)C(=O)OC)SC. The van der Waals surface area contributed by atoms with Crippen LogP contribution in [-0.4, -0.2) is 29.9 Å². The molecular weight excluding hydrogens is 234 g/mol. The minimum absolute atomic E-state index is 0.0710. The Kier molecular flexibility index (Phi) is 6.93. The van der Waals surface area contributed by atoms with E-state index in [-0.39, 0.29) is 10.7 Å². The molecule has 0 aromatic rings. The van der Waals surface area contributed by atoms with Crippen LogP contribution in [-0.2, 0) is 9.53 Å². The monoisotopic (exact) mass is 245 g/mol. The molecule has 0 aliphatic heterocycles. The van der Waals surface area contributed by atoms with E-state index in [9.17, 15) is 4.79 Å². The fourth-order valence-electron chi connectivity index (χ4n) is 0.762. The molecule has 0 heterocycles. The highest BCUT2D eigenvalue weighted by molar-refractivity contribution is 7.99. The van der Waals surface area contributed by atoms with E-state index < -0.39 is 11.3 Å². The Bertz CT molecular complexity index is 331. The van der Waals surface area contributed by atoms with Gasteiger partial charge in [0.1, 0.15) is 5.17 Å². The van der Waals surface area contributed by atoms with Crippen LogP contribution in [0.4, 0.5) is 0 Å². The average molecular weight is 246 g/mol. The van der Waals surface area contributed by atoms with Gasteiger partial charge in [-0.15, -0.1) is 18.2 Å². The molecule has 15 heavy (non-hydrogen) atoms. The van der Waals surface area contributed by atoms with Crippen molar-refractivity contribution in [3.63, 3.8) is 0 Å². The summed E-state index contributed by atoms with van der Waals surface area (Å²) in [6.07, 6.45) is 8.55. The first kappa shape index (κ1) is 14.1. The molecule has 0 saturated heterocycles. The quantitative estimate of drug-likeness (QED) is 0.329. The van der Waals surface area contributed by atoms with Crippen LogP contribution in [0.25, 0.3) is 0 Å². The Morgan fingerprint density at radius 2 is 2.33 bits per heavy atom. The van der Waals surface area contributed by atoms with Crippen molar-refractivity contribution in [2.75, 3.05) is 13.4 Å². The summed E-state index contributed by atoms with van der Waals surface area (Å²) in [4.78, 5) is 15.2. The number of carbonyl (C=O) groups excluding carboxylic acids is 1. The van der Waals surface area contributed by atoms with Crippen molar-refractivity contribution < 1.29 is 9.53 Å². The first-order valence-corrected chi connectivity index (χ1v) is 5.74. The number of hydrogen-bond donors (Lipinski definition) is 0. The molecule has 1 unspecified atom stereocenters. The molecule has 0 aliphatic rings. The molecule has 0 saturated carbocycles. The number of halogens is 1. The van der Waals surface area contributed by atoms with Crippen LogP contribution in [0.1, 0.15) is 6.92 Å². The molecule has 3 nitrogen and oxygen atoms in total. The highest BCUT2D eigenvalue weighted by Gasteiger charge is 2.14. The van der Waals surface area contributed by atoms with Crippen molar-refractivity contribution >= 4 is 34.5 Å². The fourth-order valence-corrected chi connectivity index (χ4v) is 1.45. The molecule has 0 radical (unpaired) electrons. The lowest BCUT2D eigenvalue weighted by Crippen LogP contribution is -2.12. The number of aliphatic imine (C=N–C) groups is 1. The predicted molar refractivity (Wildman–Crippen MR) is 65.2 cm³/mol. The van der Waals surface area contributed by atoms with Crippen molar-refractivity contribution in [2.45, 2.75) is 12.3 Å². The number of terminal acetylenes is 1. The van der Waals surface area contributed by atoms with Gasteiger partial charge in [-0.3, -0.25) is 0 Å². The van der Waals surface area contributed by atoms with E-state index in [1.54, 1.807) is 6.92 Å². The summed E-state index contributed by atoms with van der Waals surface area (Å²) in [6, 6.07) is 0. The molecule has 0 N–H and O–H groups in total. The summed E-state index contributed by atoms with van der Waals surface area (Å²) in [5, 5.41) is -0.321. The van der Waals surface area contributed by atoms with Gasteiger partial charge in [-0.05, 0) is 13.2 Å². The van der Waals surface area contributed by atoms with Crippen LogP contribution in [0, 0.1) is 12.3 Å². The second-order valence-corrected chi connectivity index (χ2v) is 3.64. The topological polar surface area (TPSA) is 38.7 Å². The van der Waals surface area contributed by atoms with E-state index in [2.05, 4.69) is 15.6 Å². The Morgan fingerprint density at radius 1 is 1.73 bits per heavy atom. The standard InChI is InChI=1S/C10H12ClNO2S/c1-5-7(10(13)14-3)9(11)12-8(6-2)15-4/h2,5,8H,1,3-4H3/b7-5+,12-9+. The van der Waals surface area contributed by atoms with Crippen LogP contribution in [0.5, 0.6) is 0 Å². The van der Waals surface area contributed by atoms with E-state index in [0.29, 0.717) is 0 Å². The lowest BCUT2D eigenvalue weighted by Gasteiger charge is -2.05. The summed E-state index contributed by atoms with van der Waals surface area (Å²) in [7, 11) is 1.28. The number of methoxy groups -OCH3 is 1. The third-order valence-electron chi connectivity index (χ3n) is 1.51. The highest BCUT2D eigenvalue weighted by atomic mass is 35.5. The molecule has 0 aromatic heterocycles. The predicted octanol–water partition coefficient (Wildman–Crippen LogP) is 2.07. The number of nitrogens with zero attached hydrogens (tertiary/aromatic N) is 1. The Balaban J connectivity index is 4.90. The maximum absolute atomic E-state index is 11.2. The molecule has 0 aliphatic carbocycles. The summed E-state index contributed by atoms with van der Waals surface area (Å²) >= 11 is 7.20. The summed E-state index contributed by atoms with van der Waals surface area (Å²) in [6.45, 7) is 1.67. The van der Waals surface area contributed by atoms with E-state index in [4.69, 9.17) is 18.0 Å². The summed E-state index contributed by atoms with van der Waals surface area (Å²) in [5.74, 6) is 1.91. The number of rotatable bonds is 4. The first-order chi connectivity index (χ1) is 7.10. The first-order valence-electron chi connectivity index (χ1n) is 4.07. The molecule has 0 bridgehead atoms. The lowest BCUT2D eigenvalue weighted by atomic mass is 10.3. The Labute approximate surface area is 98.9 Å². The second kappa shape index (κ2) is 7.38. The van der Waals surface area contributed by atoms with Gasteiger partial charge in [0.15, 0.2) is 5.37 Å². The fraction of sp³-hybridized carbons (Fsp3) is 0.400. The third kappa shape index (κ3) is 4.41. The van der Waals surface area contributed by atoms with Gasteiger partial charge in [0.25, 0.3) is 0 Å². The van der Waals surface area contributed by atoms with Crippen molar-refractivity contribution in [1.29, 1.82) is 0 Å². The zero-order valence-electron chi connectivity index (χ0n) is 8.78. The van der Waals surface area contributed by atoms with Gasteiger partial charge in [0.05, 0.1) is 12.7 Å². The van der Waals surface area contributed by atoms with Gasteiger partial charge >= 0.3 is 5.97 Å². The number of allylic oxidation sites excluding steroid dienone is 1. The number of esters is 1. The molecule has 0 fully saturated rings. The average Bonchev–Trinajstić information content (AvgIpc) is 2.26. The van der Waals surface area contributed by atoms with Crippen molar-refractivity contribution in [3.05, 3.63) is 11.6 Å². The van der Waals surface area contributed by atoms with E-state index in [1.807, 2.05) is 6.26 Å². The van der Waals surface area contributed by atoms with Crippen molar-refractivity contribution in [1.82, 2.24) is 0 Å². The van der Waals surface area contributed by atoms with Crippen LogP contribution in [0.2, 0.25) is 0 Å². The smallest absolute Gasteiger partial charge is 0.340 e. The third-order valence-corrected chi connectivity index (χ3v) is 2.50. The molecule has 0 spiro atoms. The van der Waals surface area contributed by atoms with E-state index in [1.165, 1.54) is 24.9 Å². The molecular formula is C10H12ClNO2S. The minimum Gasteiger partial charge on any atom is -0.465 e. The summed E-state index contributed by atoms with van der Waals surface area (Å²) in [5.41, 5.74) is 0.216. The molecule has 82 valence electrons. The zero-order valence-corrected chi connectivity index (χ0v) is 10.4. The van der Waals surface area contributed by atoms with Crippen LogP contribution in [0.15, 0.2) is 16.6 Å². The molecule has 5 heteroatoms. The normalized spacial score (nSPS) is 14.3. The molecule has 0 aromatic carbocycles. The Hall–Kier alpha value is -0.920. The van der Waals surface area contributed by atoms with Gasteiger partial charge in [-0.25, -0.2) is 9.79 Å². The Morgan fingerprint density at radius 3 is 2.67 bits per heavy atom. The van der Waals surface area contributed by atoms with Crippen LogP contribution in [0.3, 0.4) is 0 Å². The van der Waals surface area contributed by atoms with Crippen LogP contribution >= 0.6 is 23.4 Å². The van der Waals surface area contributed by atoms with Gasteiger partial charge in [-0.1, -0.05) is 23.6 Å². The van der Waals surface area contributed by atoms with E-state index >= 15 is 0 Å².